The second-order valence-corrected chi connectivity index (χ2v) is 17.2. The van der Waals surface area contributed by atoms with Gasteiger partial charge < -0.3 is 39.4 Å². The van der Waals surface area contributed by atoms with Crippen LogP contribution in [0.3, 0.4) is 0 Å². The molecule has 0 radical (unpaired) electrons. The van der Waals surface area contributed by atoms with Crippen LogP contribution in [-0.4, -0.2) is 121 Å². The maximum Gasteiger partial charge on any atom is 0.414 e. The molecule has 0 aliphatic carbocycles. The molecule has 0 saturated heterocycles. The molecule has 0 fully saturated rings. The number of carbonyl (C=O) groups is 6. The first-order chi connectivity index (χ1) is 25.2. The fraction of sp³-hybridized carbons (Fsp3) is 0.816. The van der Waals surface area contributed by atoms with E-state index in [9.17, 15) is 28.8 Å². The van der Waals surface area contributed by atoms with Crippen molar-refractivity contribution in [3.63, 3.8) is 0 Å². The van der Waals surface area contributed by atoms with Gasteiger partial charge in [0.15, 0.2) is 0 Å². The minimum absolute atomic E-state index is 0.0743. The summed E-state index contributed by atoms with van der Waals surface area (Å²) in [5.41, 5.74) is -2.74. The zero-order valence-electron chi connectivity index (χ0n) is 35.8. The van der Waals surface area contributed by atoms with Gasteiger partial charge in [0.25, 0.3) is 0 Å². The van der Waals surface area contributed by atoms with Crippen molar-refractivity contribution in [1.82, 2.24) is 31.1 Å². The number of alkyl carbamates (subject to hydrolysis) is 3. The molecular weight excluding hydrogens is 714 g/mol. The van der Waals surface area contributed by atoms with E-state index in [1.165, 1.54) is 4.90 Å². The van der Waals surface area contributed by atoms with Crippen LogP contribution in [0, 0.1) is 0 Å². The zero-order valence-corrected chi connectivity index (χ0v) is 35.8. The van der Waals surface area contributed by atoms with Gasteiger partial charge in [0.05, 0.1) is 0 Å². The Bertz CT molecular complexity index is 1230. The molecule has 0 bridgehead atoms. The largest absolute Gasteiger partial charge is 0.444 e. The average Bonchev–Trinajstić information content (AvgIpc) is 2.97. The first kappa shape index (κ1) is 50.7. The lowest BCUT2D eigenvalue weighted by Gasteiger charge is -2.28. The number of hydrogen-bond acceptors (Lipinski definition) is 11. The molecule has 0 saturated carbocycles. The molecule has 4 N–H and O–H groups in total. The Morgan fingerprint density at radius 1 is 0.527 bits per heavy atom. The smallest absolute Gasteiger partial charge is 0.414 e. The predicted octanol–water partition coefficient (Wildman–Crippen LogP) is 5.85. The van der Waals surface area contributed by atoms with Crippen LogP contribution in [0.5, 0.6) is 0 Å². The summed E-state index contributed by atoms with van der Waals surface area (Å²) in [4.78, 5) is 81.6. The SMILES string of the molecule is CN(CCCCN(CCCNC(=O)OC(C)(C)C)C(=O)OC(C)(C)C)C(=O)CC(=O)NCCCCCCN=C(NC(=O)OC(C)(C)C)NC(=O)OC(C)(C)C. The monoisotopic (exact) mass is 786 g/mol. The summed E-state index contributed by atoms with van der Waals surface area (Å²) in [5.74, 6) is -0.735. The lowest BCUT2D eigenvalue weighted by atomic mass is 10.2. The van der Waals surface area contributed by atoms with Crippen LogP contribution in [0.25, 0.3) is 0 Å². The van der Waals surface area contributed by atoms with Crippen molar-refractivity contribution in [2.45, 2.75) is 157 Å². The van der Waals surface area contributed by atoms with Crippen molar-refractivity contribution < 1.29 is 47.7 Å². The highest BCUT2D eigenvalue weighted by molar-refractivity contribution is 6.01. The van der Waals surface area contributed by atoms with Crippen molar-refractivity contribution in [3.8, 4) is 0 Å². The third-order valence-electron chi connectivity index (χ3n) is 6.75. The molecule has 6 amide bonds. The van der Waals surface area contributed by atoms with Crippen LogP contribution in [-0.2, 0) is 28.5 Å². The zero-order chi connectivity index (χ0) is 42.5. The molecule has 0 aliphatic rings. The van der Waals surface area contributed by atoms with Gasteiger partial charge in [-0.25, -0.2) is 19.2 Å². The summed E-state index contributed by atoms with van der Waals surface area (Å²) < 4.78 is 21.3. The molecule has 0 spiro atoms. The molecule has 318 valence electrons. The highest BCUT2D eigenvalue weighted by Crippen LogP contribution is 2.12. The van der Waals surface area contributed by atoms with E-state index in [4.69, 9.17) is 18.9 Å². The molecule has 0 unspecified atom stereocenters. The number of guanidine groups is 1. The number of nitrogens with zero attached hydrogens (tertiary/aromatic N) is 3. The standard InChI is InChI=1S/C38H71N7O10/c1-35(2,3)52-31(48)41-23-20-26-45(34(51)55-38(10,11)12)25-19-18-24-44(13)29(47)27-28(46)39-21-16-14-15-17-22-40-30(42-32(49)53-36(4,5)6)43-33(50)54-37(7,8)9/h14-27H2,1-13H3,(H,39,46)(H,41,48)(H2,40,42,43,49,50). The quantitative estimate of drug-likeness (QED) is 0.0429. The van der Waals surface area contributed by atoms with Crippen molar-refractivity contribution in [1.29, 1.82) is 0 Å². The molecule has 17 heteroatoms. The molecular formula is C38H71N7O10. The fourth-order valence-electron chi connectivity index (χ4n) is 4.43. The Balaban J connectivity index is 4.60. The van der Waals surface area contributed by atoms with Crippen LogP contribution in [0.2, 0.25) is 0 Å². The molecule has 17 nitrogen and oxygen atoms in total. The molecule has 0 aliphatic heterocycles. The maximum absolute atomic E-state index is 12.8. The van der Waals surface area contributed by atoms with E-state index in [2.05, 4.69) is 26.3 Å². The summed E-state index contributed by atoms with van der Waals surface area (Å²) in [6.45, 7) is 23.3. The minimum Gasteiger partial charge on any atom is -0.444 e. The van der Waals surface area contributed by atoms with Crippen molar-refractivity contribution in [2.75, 3.05) is 46.3 Å². The van der Waals surface area contributed by atoms with Crippen LogP contribution in [0.4, 0.5) is 19.2 Å². The van der Waals surface area contributed by atoms with Crippen molar-refractivity contribution in [2.24, 2.45) is 4.99 Å². The van der Waals surface area contributed by atoms with E-state index in [1.54, 1.807) is 95.0 Å². The van der Waals surface area contributed by atoms with Crippen LogP contribution < -0.4 is 21.3 Å². The number of nitrogens with one attached hydrogen (secondary N) is 4. The van der Waals surface area contributed by atoms with Crippen LogP contribution in [0.15, 0.2) is 4.99 Å². The number of hydrogen-bond donors (Lipinski definition) is 4. The second-order valence-electron chi connectivity index (χ2n) is 17.2. The van der Waals surface area contributed by atoms with E-state index in [-0.39, 0.29) is 24.2 Å². The Hall–Kier alpha value is -4.31. The predicted molar refractivity (Wildman–Crippen MR) is 211 cm³/mol. The maximum atomic E-state index is 12.8. The Labute approximate surface area is 328 Å². The first-order valence-electron chi connectivity index (χ1n) is 19.2. The van der Waals surface area contributed by atoms with Gasteiger partial charge in [0.1, 0.15) is 28.8 Å². The van der Waals surface area contributed by atoms with Gasteiger partial charge in [-0.2, -0.15) is 0 Å². The van der Waals surface area contributed by atoms with Crippen molar-refractivity contribution >= 4 is 42.1 Å². The summed E-state index contributed by atoms with van der Waals surface area (Å²) in [6, 6.07) is 0. The second kappa shape index (κ2) is 24.3. The first-order valence-corrected chi connectivity index (χ1v) is 19.2. The van der Waals surface area contributed by atoms with Crippen LogP contribution >= 0.6 is 0 Å². The fourth-order valence-corrected chi connectivity index (χ4v) is 4.43. The number of ether oxygens (including phenoxy) is 4. The van der Waals surface area contributed by atoms with Gasteiger partial charge >= 0.3 is 24.4 Å². The highest BCUT2D eigenvalue weighted by atomic mass is 16.6. The van der Waals surface area contributed by atoms with Gasteiger partial charge in [0, 0.05) is 46.3 Å². The number of rotatable bonds is 18. The van der Waals surface area contributed by atoms with Gasteiger partial charge in [-0.05, 0) is 115 Å². The Morgan fingerprint density at radius 3 is 1.51 bits per heavy atom. The van der Waals surface area contributed by atoms with E-state index < -0.39 is 46.8 Å². The molecule has 0 aromatic rings. The summed E-state index contributed by atoms with van der Waals surface area (Å²) in [6.07, 6.45) is 1.90. The number of unbranched alkanes of at least 4 members (excludes halogenated alkanes) is 4. The number of aliphatic imine (C=N–C) groups is 1. The van der Waals surface area contributed by atoms with Crippen molar-refractivity contribution in [3.05, 3.63) is 0 Å². The Morgan fingerprint density at radius 2 is 0.982 bits per heavy atom. The van der Waals surface area contributed by atoms with E-state index in [0.717, 1.165) is 12.8 Å². The molecule has 0 atom stereocenters. The molecule has 0 heterocycles. The number of amides is 6. The molecule has 0 rings (SSSR count). The van der Waals surface area contributed by atoms with E-state index in [1.807, 2.05) is 0 Å². The summed E-state index contributed by atoms with van der Waals surface area (Å²) in [5, 5.41) is 10.4. The van der Waals surface area contributed by atoms with Gasteiger partial charge in [-0.15, -0.1) is 0 Å². The highest BCUT2D eigenvalue weighted by Gasteiger charge is 2.24. The Kier molecular flexibility index (Phi) is 22.4. The molecule has 0 aromatic carbocycles. The third-order valence-corrected chi connectivity index (χ3v) is 6.75. The molecule has 0 aromatic heterocycles. The van der Waals surface area contributed by atoms with E-state index >= 15 is 0 Å². The van der Waals surface area contributed by atoms with Gasteiger partial charge in [0.2, 0.25) is 17.8 Å². The topological polar surface area (TPSA) is 206 Å². The minimum atomic E-state index is -0.760. The number of carbonyl (C=O) groups excluding carboxylic acids is 6. The van der Waals surface area contributed by atoms with Gasteiger partial charge in [-0.3, -0.25) is 25.2 Å². The summed E-state index contributed by atoms with van der Waals surface area (Å²) >= 11 is 0. The van der Waals surface area contributed by atoms with Gasteiger partial charge in [-0.1, -0.05) is 12.8 Å². The lowest BCUT2D eigenvalue weighted by Crippen LogP contribution is -2.47. The lowest BCUT2D eigenvalue weighted by molar-refractivity contribution is -0.135. The van der Waals surface area contributed by atoms with E-state index in [0.29, 0.717) is 71.4 Å². The molecule has 55 heavy (non-hydrogen) atoms. The third kappa shape index (κ3) is 30.7. The summed E-state index contributed by atoms with van der Waals surface area (Å²) in [7, 11) is 1.64. The van der Waals surface area contributed by atoms with Crippen LogP contribution in [0.1, 0.15) is 134 Å². The normalized spacial score (nSPS) is 11.7. The average molecular weight is 786 g/mol.